The number of aliphatic hydroxyl groups excluding tert-OH is 2. The summed E-state index contributed by atoms with van der Waals surface area (Å²) in [5, 5.41) is 27.5. The van der Waals surface area contributed by atoms with Crippen molar-refractivity contribution in [1.82, 2.24) is 4.57 Å². The van der Waals surface area contributed by atoms with Crippen LogP contribution in [0.25, 0.3) is 0 Å². The summed E-state index contributed by atoms with van der Waals surface area (Å²) in [6.07, 6.45) is 0.563. The first kappa shape index (κ1) is 19.1. The Morgan fingerprint density at radius 2 is 1.91 bits per heavy atom. The first-order valence-corrected chi connectivity index (χ1v) is 10.7. The molecular weight excluding hydrogens is 302 g/mol. The van der Waals surface area contributed by atoms with Gasteiger partial charge in [0.15, 0.2) is 8.24 Å². The Kier molecular flexibility index (Phi) is 5.81. The van der Waals surface area contributed by atoms with Gasteiger partial charge in [-0.05, 0) is 24.3 Å². The minimum atomic E-state index is -2.21. The normalized spacial score (nSPS) is 24.1. The van der Waals surface area contributed by atoms with Crippen LogP contribution < -0.4 is 0 Å². The number of nitrogens with zero attached hydrogens (tertiary/aromatic N) is 1. The van der Waals surface area contributed by atoms with E-state index in [0.717, 1.165) is 0 Å². The summed E-state index contributed by atoms with van der Waals surface area (Å²) < 4.78 is 1.63. The zero-order valence-electron chi connectivity index (χ0n) is 14.2. The average Bonchev–Trinajstić information content (AvgIpc) is 2.37. The van der Waals surface area contributed by atoms with Crippen LogP contribution in [0.15, 0.2) is 0 Å². The Hall–Kier alpha value is -0.923. The molecule has 0 aliphatic carbocycles. The fourth-order valence-corrected chi connectivity index (χ4v) is 5.19. The number of amides is 1. The number of hydrogen-bond donors (Lipinski definition) is 3. The number of aliphatic carboxylic acids is 1. The molecule has 0 radical (unpaired) electrons. The predicted molar refractivity (Wildman–Crippen MR) is 85.9 cm³/mol. The Labute approximate surface area is 133 Å². The van der Waals surface area contributed by atoms with Gasteiger partial charge in [-0.1, -0.05) is 33.9 Å². The van der Waals surface area contributed by atoms with Gasteiger partial charge in [-0.15, -0.1) is 0 Å². The molecule has 3 N–H and O–H groups in total. The summed E-state index contributed by atoms with van der Waals surface area (Å²) in [5.41, 5.74) is 0. The van der Waals surface area contributed by atoms with E-state index >= 15 is 0 Å². The molecule has 0 spiro atoms. The molecule has 128 valence electrons. The van der Waals surface area contributed by atoms with Crippen molar-refractivity contribution in [3.63, 3.8) is 0 Å². The fourth-order valence-electron chi connectivity index (χ4n) is 2.76. The van der Waals surface area contributed by atoms with Crippen LogP contribution in [0.5, 0.6) is 0 Å². The van der Waals surface area contributed by atoms with E-state index < -0.39 is 32.3 Å². The van der Waals surface area contributed by atoms with Crippen LogP contribution in [0.2, 0.25) is 18.1 Å². The summed E-state index contributed by atoms with van der Waals surface area (Å²) in [7, 11) is -2.21. The molecule has 1 saturated heterocycles. The highest BCUT2D eigenvalue weighted by Crippen LogP contribution is 2.45. The Morgan fingerprint density at radius 1 is 1.36 bits per heavy atom. The number of carbonyl (C=O) groups excluding carboxylic acids is 1. The molecule has 3 atom stereocenters. The van der Waals surface area contributed by atoms with E-state index in [1.165, 1.54) is 0 Å². The monoisotopic (exact) mass is 331 g/mol. The minimum absolute atomic E-state index is 0.0718. The highest BCUT2D eigenvalue weighted by atomic mass is 28.3. The zero-order chi connectivity index (χ0) is 17.3. The molecule has 6 nitrogen and oxygen atoms in total. The van der Waals surface area contributed by atoms with E-state index in [0.29, 0.717) is 19.3 Å². The van der Waals surface area contributed by atoms with Crippen molar-refractivity contribution < 1.29 is 24.9 Å². The maximum atomic E-state index is 12.5. The minimum Gasteiger partial charge on any atom is -0.480 e. The summed E-state index contributed by atoms with van der Waals surface area (Å²) in [4.78, 5) is 24.1. The van der Waals surface area contributed by atoms with Crippen molar-refractivity contribution in [3.05, 3.63) is 0 Å². The van der Waals surface area contributed by atoms with E-state index in [-0.39, 0.29) is 17.6 Å². The van der Waals surface area contributed by atoms with Crippen molar-refractivity contribution in [2.75, 3.05) is 6.61 Å². The molecule has 7 heteroatoms. The second kappa shape index (κ2) is 6.68. The van der Waals surface area contributed by atoms with Crippen LogP contribution in [0.4, 0.5) is 0 Å². The molecule has 1 unspecified atom stereocenters. The number of aliphatic hydroxyl groups is 2. The first-order valence-electron chi connectivity index (χ1n) is 7.80. The highest BCUT2D eigenvalue weighted by molar-refractivity contribution is 6.80. The topological polar surface area (TPSA) is 98.1 Å². The first-order chi connectivity index (χ1) is 9.95. The number of carboxylic acid groups (broad SMARTS) is 1. The lowest BCUT2D eigenvalue weighted by molar-refractivity contribution is -0.164. The van der Waals surface area contributed by atoms with Crippen molar-refractivity contribution in [1.29, 1.82) is 0 Å². The average molecular weight is 331 g/mol. The quantitative estimate of drug-likeness (QED) is 0.484. The van der Waals surface area contributed by atoms with E-state index in [2.05, 4.69) is 20.8 Å². The van der Waals surface area contributed by atoms with Crippen LogP contribution in [0, 0.1) is 5.92 Å². The SMILES string of the molecule is CC(C)(C)[Si](C)(C)N1C(=O)[C@H](CCCC(O)CO)[C@H]1C(=O)O. The zero-order valence-corrected chi connectivity index (χ0v) is 15.2. The molecule has 22 heavy (non-hydrogen) atoms. The molecule has 0 bridgehead atoms. The third kappa shape index (κ3) is 3.52. The van der Waals surface area contributed by atoms with Gasteiger partial charge in [0.05, 0.1) is 18.6 Å². The lowest BCUT2D eigenvalue weighted by Crippen LogP contribution is -2.74. The molecule has 1 amide bonds. The Morgan fingerprint density at radius 3 is 2.32 bits per heavy atom. The lowest BCUT2D eigenvalue weighted by Gasteiger charge is -2.56. The molecule has 0 aromatic heterocycles. The van der Waals surface area contributed by atoms with E-state index in [1.807, 2.05) is 13.1 Å². The molecule has 1 aliphatic heterocycles. The van der Waals surface area contributed by atoms with Crippen LogP contribution in [0.3, 0.4) is 0 Å². The second-order valence-electron chi connectivity index (χ2n) is 7.67. The molecule has 1 aliphatic rings. The Bertz CT molecular complexity index is 432. The molecule has 0 saturated carbocycles. The fraction of sp³-hybridized carbons (Fsp3) is 0.867. The molecule has 0 aromatic carbocycles. The Balaban J connectivity index is 2.81. The van der Waals surface area contributed by atoms with Gasteiger partial charge in [0.1, 0.15) is 6.04 Å². The second-order valence-corrected chi connectivity index (χ2v) is 12.8. The summed E-state index contributed by atoms with van der Waals surface area (Å²) in [5.74, 6) is -1.52. The van der Waals surface area contributed by atoms with Gasteiger partial charge in [0.25, 0.3) is 0 Å². The third-order valence-electron chi connectivity index (χ3n) is 5.17. The van der Waals surface area contributed by atoms with Gasteiger partial charge in [-0.3, -0.25) is 4.79 Å². The van der Waals surface area contributed by atoms with Gasteiger partial charge >= 0.3 is 5.97 Å². The number of hydrogen-bond acceptors (Lipinski definition) is 4. The third-order valence-corrected chi connectivity index (χ3v) is 10.5. The van der Waals surface area contributed by atoms with Crippen LogP contribution in [-0.2, 0) is 9.59 Å². The molecule has 1 heterocycles. The van der Waals surface area contributed by atoms with Gasteiger partial charge in [0.2, 0.25) is 5.91 Å². The molecular formula is C15H29NO5Si. The van der Waals surface area contributed by atoms with E-state index in [1.54, 1.807) is 4.57 Å². The number of rotatable bonds is 7. The van der Waals surface area contributed by atoms with E-state index in [4.69, 9.17) is 5.11 Å². The van der Waals surface area contributed by atoms with Gasteiger partial charge < -0.3 is 19.9 Å². The standard InChI is InChI=1S/C15H29NO5Si/c1-15(2,3)22(4,5)16-12(14(20)21)11(13(16)19)8-6-7-10(18)9-17/h10-12,17-18H,6-9H2,1-5H3,(H,20,21)/t10?,11-,12+/m1/s1. The van der Waals surface area contributed by atoms with Crippen molar-refractivity contribution in [2.24, 2.45) is 5.92 Å². The summed E-state index contributed by atoms with van der Waals surface area (Å²) in [6, 6.07) is -0.750. The van der Waals surface area contributed by atoms with Crippen LogP contribution in [-0.4, -0.2) is 58.7 Å². The smallest absolute Gasteiger partial charge is 0.326 e. The van der Waals surface area contributed by atoms with Crippen molar-refractivity contribution >= 4 is 20.1 Å². The van der Waals surface area contributed by atoms with Gasteiger partial charge in [-0.25, -0.2) is 4.79 Å². The van der Waals surface area contributed by atoms with Crippen molar-refractivity contribution in [3.8, 4) is 0 Å². The molecule has 1 fully saturated rings. The molecule has 0 aromatic rings. The van der Waals surface area contributed by atoms with Crippen LogP contribution in [0.1, 0.15) is 40.0 Å². The number of β-lactam (4-membered cyclic amide) rings is 1. The lowest BCUT2D eigenvalue weighted by atomic mass is 9.85. The summed E-state index contributed by atoms with van der Waals surface area (Å²) in [6.45, 7) is 9.92. The summed E-state index contributed by atoms with van der Waals surface area (Å²) >= 11 is 0. The highest BCUT2D eigenvalue weighted by Gasteiger charge is 2.59. The largest absolute Gasteiger partial charge is 0.480 e. The van der Waals surface area contributed by atoms with Gasteiger partial charge in [0, 0.05) is 0 Å². The maximum absolute atomic E-state index is 12.5. The van der Waals surface area contributed by atoms with Crippen LogP contribution >= 0.6 is 0 Å². The maximum Gasteiger partial charge on any atom is 0.326 e. The predicted octanol–water partition coefficient (Wildman–Crippen LogP) is 1.43. The molecule has 1 rings (SSSR count). The van der Waals surface area contributed by atoms with Crippen molar-refractivity contribution in [2.45, 2.75) is 70.3 Å². The number of carboxylic acids is 1. The number of carbonyl (C=O) groups is 2. The van der Waals surface area contributed by atoms with Gasteiger partial charge in [-0.2, -0.15) is 0 Å². The van der Waals surface area contributed by atoms with E-state index in [9.17, 15) is 19.8 Å².